The molecule has 4 heteroatoms. The molecule has 82 valence electrons. The van der Waals surface area contributed by atoms with Gasteiger partial charge in [-0.2, -0.15) is 11.8 Å². The van der Waals surface area contributed by atoms with Gasteiger partial charge in [0.1, 0.15) is 6.79 Å². The van der Waals surface area contributed by atoms with Crippen LogP contribution in [-0.4, -0.2) is 43.6 Å². The number of thioether (sulfide) groups is 1. The van der Waals surface area contributed by atoms with Crippen LogP contribution < -0.4 is 5.32 Å². The van der Waals surface area contributed by atoms with E-state index in [1.165, 1.54) is 18.6 Å². The van der Waals surface area contributed by atoms with E-state index in [-0.39, 0.29) is 0 Å². The van der Waals surface area contributed by atoms with Gasteiger partial charge in [-0.1, -0.05) is 0 Å². The second-order valence-electron chi connectivity index (χ2n) is 3.90. The molecular weight excluding hydrogens is 198 g/mol. The summed E-state index contributed by atoms with van der Waals surface area (Å²) in [6.45, 7) is 3.46. The van der Waals surface area contributed by atoms with Crippen LogP contribution in [0.1, 0.15) is 19.3 Å². The van der Waals surface area contributed by atoms with Gasteiger partial charge in [-0.3, -0.25) is 0 Å². The lowest BCUT2D eigenvalue weighted by Crippen LogP contribution is -2.36. The van der Waals surface area contributed by atoms with Crippen LogP contribution >= 0.6 is 11.8 Å². The SMILES string of the molecule is C1CSC(CNCC2CCOCO2)C1. The number of ether oxygens (including phenoxy) is 2. The third-order valence-corrected chi connectivity index (χ3v) is 4.14. The molecule has 2 saturated heterocycles. The molecule has 0 aromatic rings. The number of nitrogens with one attached hydrogen (secondary N) is 1. The molecule has 2 aliphatic rings. The number of hydrogen-bond donors (Lipinski definition) is 1. The van der Waals surface area contributed by atoms with Gasteiger partial charge < -0.3 is 14.8 Å². The summed E-state index contributed by atoms with van der Waals surface area (Å²) in [5, 5.41) is 4.34. The normalized spacial score (nSPS) is 33.4. The maximum Gasteiger partial charge on any atom is 0.147 e. The third kappa shape index (κ3) is 3.42. The minimum Gasteiger partial charge on any atom is -0.355 e. The van der Waals surface area contributed by atoms with Crippen molar-refractivity contribution in [3.63, 3.8) is 0 Å². The summed E-state index contributed by atoms with van der Waals surface area (Å²) in [7, 11) is 0. The highest BCUT2D eigenvalue weighted by molar-refractivity contribution is 8.00. The Balaban J connectivity index is 1.52. The third-order valence-electron chi connectivity index (χ3n) is 2.74. The van der Waals surface area contributed by atoms with Gasteiger partial charge in [-0.05, 0) is 25.0 Å². The first kappa shape index (κ1) is 10.7. The Morgan fingerprint density at radius 3 is 3.00 bits per heavy atom. The van der Waals surface area contributed by atoms with E-state index in [9.17, 15) is 0 Å². The molecule has 2 rings (SSSR count). The van der Waals surface area contributed by atoms with Crippen LogP contribution in [0.5, 0.6) is 0 Å². The Morgan fingerprint density at radius 1 is 1.29 bits per heavy atom. The van der Waals surface area contributed by atoms with Crippen LogP contribution in [0.15, 0.2) is 0 Å². The fraction of sp³-hybridized carbons (Fsp3) is 1.00. The second-order valence-corrected chi connectivity index (χ2v) is 5.30. The van der Waals surface area contributed by atoms with Crippen LogP contribution in [0.25, 0.3) is 0 Å². The van der Waals surface area contributed by atoms with E-state index >= 15 is 0 Å². The van der Waals surface area contributed by atoms with Crippen molar-refractivity contribution in [2.45, 2.75) is 30.6 Å². The maximum atomic E-state index is 5.45. The highest BCUT2D eigenvalue weighted by Crippen LogP contribution is 2.25. The lowest BCUT2D eigenvalue weighted by molar-refractivity contribution is -0.137. The van der Waals surface area contributed by atoms with E-state index in [1.807, 2.05) is 0 Å². The van der Waals surface area contributed by atoms with Crippen molar-refractivity contribution in [3.05, 3.63) is 0 Å². The molecule has 2 unspecified atom stereocenters. The van der Waals surface area contributed by atoms with Crippen molar-refractivity contribution in [2.24, 2.45) is 0 Å². The van der Waals surface area contributed by atoms with Gasteiger partial charge in [0.05, 0.1) is 12.7 Å². The van der Waals surface area contributed by atoms with Crippen LogP contribution in [0, 0.1) is 0 Å². The van der Waals surface area contributed by atoms with Gasteiger partial charge in [-0.25, -0.2) is 0 Å². The topological polar surface area (TPSA) is 30.5 Å². The van der Waals surface area contributed by atoms with Crippen molar-refractivity contribution in [1.29, 1.82) is 0 Å². The summed E-state index contributed by atoms with van der Waals surface area (Å²) in [6, 6.07) is 0. The molecule has 0 spiro atoms. The molecule has 2 aliphatic heterocycles. The van der Waals surface area contributed by atoms with Gasteiger partial charge >= 0.3 is 0 Å². The average Bonchev–Trinajstić information content (AvgIpc) is 2.72. The Hall–Kier alpha value is 0.230. The number of hydrogen-bond acceptors (Lipinski definition) is 4. The van der Waals surface area contributed by atoms with Crippen molar-refractivity contribution >= 4 is 11.8 Å². The van der Waals surface area contributed by atoms with Gasteiger partial charge in [0.15, 0.2) is 0 Å². The van der Waals surface area contributed by atoms with Crippen molar-refractivity contribution < 1.29 is 9.47 Å². The Labute approximate surface area is 89.9 Å². The monoisotopic (exact) mass is 217 g/mol. The Morgan fingerprint density at radius 2 is 2.29 bits per heavy atom. The van der Waals surface area contributed by atoms with Crippen LogP contribution in [0.2, 0.25) is 0 Å². The lowest BCUT2D eigenvalue weighted by atomic mass is 10.2. The Kier molecular flexibility index (Phi) is 4.57. The maximum absolute atomic E-state index is 5.45. The molecule has 14 heavy (non-hydrogen) atoms. The molecule has 2 atom stereocenters. The molecule has 0 amide bonds. The predicted octanol–water partition coefficient (Wildman–Crippen LogP) is 1.23. The lowest BCUT2D eigenvalue weighted by Gasteiger charge is -2.23. The summed E-state index contributed by atoms with van der Waals surface area (Å²) >= 11 is 2.10. The molecule has 0 radical (unpaired) electrons. The van der Waals surface area contributed by atoms with Crippen LogP contribution in [0.3, 0.4) is 0 Å². The molecule has 3 nitrogen and oxygen atoms in total. The van der Waals surface area contributed by atoms with E-state index < -0.39 is 0 Å². The van der Waals surface area contributed by atoms with Gasteiger partial charge in [0.25, 0.3) is 0 Å². The first-order valence-electron chi connectivity index (χ1n) is 5.47. The summed E-state index contributed by atoms with van der Waals surface area (Å²) in [5.74, 6) is 1.35. The summed E-state index contributed by atoms with van der Waals surface area (Å²) < 4.78 is 10.6. The standard InChI is InChI=1S/C10H19NO2S/c1-2-10(14-5-1)7-11-6-9-3-4-12-8-13-9/h9-11H,1-8H2. The predicted molar refractivity (Wildman–Crippen MR) is 58.7 cm³/mol. The molecule has 0 bridgehead atoms. The van der Waals surface area contributed by atoms with E-state index in [0.29, 0.717) is 12.9 Å². The molecular formula is C10H19NO2S. The molecule has 0 aromatic carbocycles. The molecule has 0 saturated carbocycles. The van der Waals surface area contributed by atoms with Gasteiger partial charge in [0.2, 0.25) is 0 Å². The molecule has 0 aliphatic carbocycles. The highest BCUT2D eigenvalue weighted by atomic mass is 32.2. The fourth-order valence-electron chi connectivity index (χ4n) is 1.87. The quantitative estimate of drug-likeness (QED) is 0.767. The van der Waals surface area contributed by atoms with Crippen molar-refractivity contribution in [2.75, 3.05) is 32.2 Å². The molecule has 1 N–H and O–H groups in total. The number of rotatable bonds is 4. The van der Waals surface area contributed by atoms with Crippen LogP contribution in [-0.2, 0) is 9.47 Å². The summed E-state index contributed by atoms with van der Waals surface area (Å²) in [5.41, 5.74) is 0. The zero-order chi connectivity index (χ0) is 9.64. The largest absolute Gasteiger partial charge is 0.355 e. The van der Waals surface area contributed by atoms with E-state index in [0.717, 1.165) is 31.4 Å². The molecule has 2 heterocycles. The van der Waals surface area contributed by atoms with Gasteiger partial charge in [0, 0.05) is 18.3 Å². The Bertz CT molecular complexity index is 156. The van der Waals surface area contributed by atoms with Gasteiger partial charge in [-0.15, -0.1) is 0 Å². The zero-order valence-corrected chi connectivity index (χ0v) is 9.35. The van der Waals surface area contributed by atoms with Crippen LogP contribution in [0.4, 0.5) is 0 Å². The first-order chi connectivity index (χ1) is 6.95. The minimum absolute atomic E-state index is 0.371. The first-order valence-corrected chi connectivity index (χ1v) is 6.51. The van der Waals surface area contributed by atoms with Crippen molar-refractivity contribution in [1.82, 2.24) is 5.32 Å². The summed E-state index contributed by atoms with van der Waals surface area (Å²) in [4.78, 5) is 0. The zero-order valence-electron chi connectivity index (χ0n) is 8.54. The smallest absolute Gasteiger partial charge is 0.147 e. The molecule has 2 fully saturated rings. The van der Waals surface area contributed by atoms with E-state index in [1.54, 1.807) is 0 Å². The minimum atomic E-state index is 0.371. The highest BCUT2D eigenvalue weighted by Gasteiger charge is 2.17. The second kappa shape index (κ2) is 5.95. The van der Waals surface area contributed by atoms with E-state index in [2.05, 4.69) is 17.1 Å². The van der Waals surface area contributed by atoms with E-state index in [4.69, 9.17) is 9.47 Å². The molecule has 0 aromatic heterocycles. The fourth-order valence-corrected chi connectivity index (χ4v) is 3.11. The van der Waals surface area contributed by atoms with Crippen molar-refractivity contribution in [3.8, 4) is 0 Å². The summed E-state index contributed by atoms with van der Waals surface area (Å²) in [6.07, 6.45) is 4.18. The average molecular weight is 217 g/mol.